The molecule has 3 rings (SSSR count). The van der Waals surface area contributed by atoms with E-state index >= 15 is 0 Å². The van der Waals surface area contributed by atoms with Crippen LogP contribution in [0.15, 0.2) is 66.7 Å². The molecule has 1 atom stereocenters. The molecule has 0 spiro atoms. The topological polar surface area (TPSA) is 72.2 Å². The number of carbonyl (C=O) groups excluding carboxylic acids is 2. The van der Waals surface area contributed by atoms with Gasteiger partial charge in [0.2, 0.25) is 11.8 Å². The van der Waals surface area contributed by atoms with Crippen molar-refractivity contribution in [3.05, 3.63) is 83.4 Å². The first kappa shape index (κ1) is 20.4. The molecule has 0 saturated carbocycles. The third-order valence-corrected chi connectivity index (χ3v) is 4.63. The van der Waals surface area contributed by atoms with Crippen molar-refractivity contribution in [1.82, 2.24) is 5.32 Å². The zero-order valence-corrected chi connectivity index (χ0v) is 15.4. The molecule has 2 amide bonds. The number of nitrogens with two attached hydrogens (primary N) is 1. The zero-order valence-electron chi connectivity index (χ0n) is 15.4. The molecule has 0 aliphatic rings. The molecule has 0 radical (unpaired) electrons. The number of rotatable bonds is 6. The fourth-order valence-electron chi connectivity index (χ4n) is 3.16. The van der Waals surface area contributed by atoms with Crippen molar-refractivity contribution in [2.24, 2.45) is 5.73 Å². The van der Waals surface area contributed by atoms with Crippen molar-refractivity contribution in [3.63, 3.8) is 0 Å². The fraction of sp³-hybridized carbons (Fsp3) is 0.182. The van der Waals surface area contributed by atoms with Gasteiger partial charge in [0.25, 0.3) is 0 Å². The van der Waals surface area contributed by atoms with Gasteiger partial charge >= 0.3 is 6.18 Å². The normalized spacial score (nSPS) is 12.5. The van der Waals surface area contributed by atoms with Crippen LogP contribution >= 0.6 is 0 Å². The van der Waals surface area contributed by atoms with E-state index in [-0.39, 0.29) is 12.8 Å². The molecular formula is C22H19F3N2O2. The first-order chi connectivity index (χ1) is 13.7. The summed E-state index contributed by atoms with van der Waals surface area (Å²) in [6.45, 7) is 0. The Morgan fingerprint density at radius 1 is 0.931 bits per heavy atom. The second-order valence-corrected chi connectivity index (χ2v) is 6.74. The van der Waals surface area contributed by atoms with Crippen LogP contribution in [0.4, 0.5) is 13.2 Å². The van der Waals surface area contributed by atoms with E-state index in [0.29, 0.717) is 5.56 Å². The van der Waals surface area contributed by atoms with Gasteiger partial charge in [0.15, 0.2) is 0 Å². The number of nitrogens with one attached hydrogen (secondary N) is 1. The number of carbonyl (C=O) groups is 2. The van der Waals surface area contributed by atoms with E-state index in [0.717, 1.165) is 28.5 Å². The maximum absolute atomic E-state index is 12.6. The molecule has 3 aromatic rings. The Morgan fingerprint density at radius 3 is 2.24 bits per heavy atom. The van der Waals surface area contributed by atoms with E-state index < -0.39 is 29.6 Å². The van der Waals surface area contributed by atoms with Crippen LogP contribution in [0.5, 0.6) is 0 Å². The van der Waals surface area contributed by atoms with Crippen LogP contribution in [-0.4, -0.2) is 17.9 Å². The number of hydrogen-bond acceptors (Lipinski definition) is 2. The van der Waals surface area contributed by atoms with Crippen LogP contribution in [0.25, 0.3) is 10.8 Å². The van der Waals surface area contributed by atoms with Crippen LogP contribution in [-0.2, 0) is 28.6 Å². The largest absolute Gasteiger partial charge is 0.416 e. The molecule has 0 fully saturated rings. The summed E-state index contributed by atoms with van der Waals surface area (Å²) in [5, 5.41) is 4.55. The van der Waals surface area contributed by atoms with Crippen molar-refractivity contribution in [1.29, 1.82) is 0 Å². The zero-order chi connectivity index (χ0) is 21.0. The summed E-state index contributed by atoms with van der Waals surface area (Å²) >= 11 is 0. The average Bonchev–Trinajstić information content (AvgIpc) is 2.67. The molecule has 3 N–H and O–H groups in total. The third-order valence-electron chi connectivity index (χ3n) is 4.63. The quantitative estimate of drug-likeness (QED) is 0.664. The van der Waals surface area contributed by atoms with E-state index in [2.05, 4.69) is 5.32 Å². The number of amides is 2. The molecule has 0 unspecified atom stereocenters. The summed E-state index contributed by atoms with van der Waals surface area (Å²) < 4.78 is 37.9. The molecule has 3 aromatic carbocycles. The molecule has 0 aromatic heterocycles. The number of hydrogen-bond donors (Lipinski definition) is 2. The lowest BCUT2D eigenvalue weighted by Gasteiger charge is -2.17. The van der Waals surface area contributed by atoms with E-state index in [9.17, 15) is 22.8 Å². The van der Waals surface area contributed by atoms with Crippen molar-refractivity contribution < 1.29 is 22.8 Å². The molecule has 29 heavy (non-hydrogen) atoms. The maximum Gasteiger partial charge on any atom is 0.416 e. The smallest absolute Gasteiger partial charge is 0.368 e. The summed E-state index contributed by atoms with van der Waals surface area (Å²) in [6.07, 6.45) is -4.37. The lowest BCUT2D eigenvalue weighted by atomic mass is 9.98. The Kier molecular flexibility index (Phi) is 5.87. The maximum atomic E-state index is 12.6. The minimum Gasteiger partial charge on any atom is -0.368 e. The van der Waals surface area contributed by atoms with E-state index in [1.807, 2.05) is 42.5 Å². The second-order valence-electron chi connectivity index (χ2n) is 6.74. The van der Waals surface area contributed by atoms with Gasteiger partial charge in [0.1, 0.15) is 6.04 Å². The average molecular weight is 400 g/mol. The first-order valence-electron chi connectivity index (χ1n) is 8.95. The van der Waals surface area contributed by atoms with Gasteiger partial charge in [-0.05, 0) is 34.0 Å². The Labute approximate surface area is 165 Å². The summed E-state index contributed by atoms with van der Waals surface area (Å²) in [4.78, 5) is 24.2. The predicted molar refractivity (Wildman–Crippen MR) is 104 cm³/mol. The molecule has 150 valence electrons. The molecule has 4 nitrogen and oxygen atoms in total. The molecular weight excluding hydrogens is 381 g/mol. The van der Waals surface area contributed by atoms with Crippen molar-refractivity contribution in [2.75, 3.05) is 0 Å². The van der Waals surface area contributed by atoms with Gasteiger partial charge in [-0.15, -0.1) is 0 Å². The summed E-state index contributed by atoms with van der Waals surface area (Å²) in [7, 11) is 0. The molecule has 0 bridgehead atoms. The Bertz CT molecular complexity index is 1020. The highest BCUT2D eigenvalue weighted by atomic mass is 19.4. The van der Waals surface area contributed by atoms with Crippen LogP contribution in [0.3, 0.4) is 0 Å². The standard InChI is InChI=1S/C22H19F3N2O2/c23-22(24,25)17-10-8-14(9-11-17)12-20(28)27-19(21(26)29)13-16-6-3-5-15-4-1-2-7-18(15)16/h1-11,19H,12-13H2,(H2,26,29)(H,27,28)/t19-/m1/s1. The first-order valence-corrected chi connectivity index (χ1v) is 8.95. The minimum absolute atomic E-state index is 0.155. The highest BCUT2D eigenvalue weighted by molar-refractivity contribution is 5.90. The van der Waals surface area contributed by atoms with Gasteiger partial charge in [-0.25, -0.2) is 0 Å². The Hall–Kier alpha value is -3.35. The minimum atomic E-state index is -4.43. The van der Waals surface area contributed by atoms with E-state index in [4.69, 9.17) is 5.73 Å². The highest BCUT2D eigenvalue weighted by Gasteiger charge is 2.30. The van der Waals surface area contributed by atoms with Crippen LogP contribution in [0, 0.1) is 0 Å². The highest BCUT2D eigenvalue weighted by Crippen LogP contribution is 2.29. The van der Waals surface area contributed by atoms with E-state index in [1.165, 1.54) is 12.1 Å². The molecule has 0 heterocycles. The van der Waals surface area contributed by atoms with E-state index in [1.54, 1.807) is 0 Å². The van der Waals surface area contributed by atoms with Gasteiger partial charge in [-0.1, -0.05) is 54.6 Å². The Balaban J connectivity index is 1.70. The van der Waals surface area contributed by atoms with Crippen molar-refractivity contribution in [2.45, 2.75) is 25.1 Å². The number of alkyl halides is 3. The third kappa shape index (κ3) is 5.13. The fourth-order valence-corrected chi connectivity index (χ4v) is 3.16. The number of benzene rings is 3. The molecule has 0 saturated heterocycles. The number of halogens is 3. The molecule has 7 heteroatoms. The summed E-state index contributed by atoms with van der Waals surface area (Å²) in [5.41, 5.74) is 5.94. The monoisotopic (exact) mass is 400 g/mol. The SMILES string of the molecule is NC(=O)[C@@H](Cc1cccc2ccccc12)NC(=O)Cc1ccc(C(F)(F)F)cc1. The number of primary amides is 1. The Morgan fingerprint density at radius 2 is 1.59 bits per heavy atom. The van der Waals surface area contributed by atoms with Crippen molar-refractivity contribution in [3.8, 4) is 0 Å². The van der Waals surface area contributed by atoms with Gasteiger partial charge in [-0.3, -0.25) is 9.59 Å². The van der Waals surface area contributed by atoms with Crippen LogP contribution in [0.2, 0.25) is 0 Å². The van der Waals surface area contributed by atoms with Gasteiger partial charge in [0.05, 0.1) is 12.0 Å². The summed E-state index contributed by atoms with van der Waals surface area (Å²) in [5.74, 6) is -1.17. The molecule has 0 aliphatic heterocycles. The van der Waals surface area contributed by atoms with Gasteiger partial charge < -0.3 is 11.1 Å². The number of fused-ring (bicyclic) bond motifs is 1. The van der Waals surface area contributed by atoms with Crippen LogP contribution < -0.4 is 11.1 Å². The van der Waals surface area contributed by atoms with Crippen molar-refractivity contribution >= 4 is 22.6 Å². The van der Waals surface area contributed by atoms with Gasteiger partial charge in [-0.2, -0.15) is 13.2 Å². The van der Waals surface area contributed by atoms with Gasteiger partial charge in [0, 0.05) is 6.42 Å². The lowest BCUT2D eigenvalue weighted by Crippen LogP contribution is -2.46. The predicted octanol–water partition coefficient (Wildman–Crippen LogP) is 3.61. The summed E-state index contributed by atoms with van der Waals surface area (Å²) in [6, 6.07) is 16.7. The second kappa shape index (κ2) is 8.34. The lowest BCUT2D eigenvalue weighted by molar-refractivity contribution is -0.137. The molecule has 0 aliphatic carbocycles. The van der Waals surface area contributed by atoms with Crippen LogP contribution in [0.1, 0.15) is 16.7 Å².